The van der Waals surface area contributed by atoms with E-state index in [-0.39, 0.29) is 5.78 Å². The van der Waals surface area contributed by atoms with Gasteiger partial charge in [-0.3, -0.25) is 4.79 Å². The molecule has 0 aromatic carbocycles. The maximum atomic E-state index is 11.9. The highest BCUT2D eigenvalue weighted by Gasteiger charge is 2.31. The van der Waals surface area contributed by atoms with Gasteiger partial charge in [-0.15, -0.1) is 0 Å². The molecule has 0 aromatic heterocycles. The first kappa shape index (κ1) is 16.1. The molecule has 2 aliphatic carbocycles. The summed E-state index contributed by atoms with van der Waals surface area (Å²) >= 11 is 12.4. The normalized spacial score (nSPS) is 34.4. The van der Waals surface area contributed by atoms with Gasteiger partial charge in [-0.2, -0.15) is 0 Å². The van der Waals surface area contributed by atoms with E-state index in [1.807, 2.05) is 0 Å². The third-order valence-corrected chi connectivity index (χ3v) is 5.80. The average molecular weight is 315 g/mol. The van der Waals surface area contributed by atoms with Gasteiger partial charge in [0, 0.05) is 22.2 Å². The topological polar surface area (TPSA) is 17.1 Å². The third-order valence-electron chi connectivity index (χ3n) is 4.97. The van der Waals surface area contributed by atoms with Crippen molar-refractivity contribution >= 4 is 29.0 Å². The molecule has 2 fully saturated rings. The van der Waals surface area contributed by atoms with E-state index in [4.69, 9.17) is 23.2 Å². The number of allylic oxidation sites excluding steroid dienone is 4. The Labute approximate surface area is 132 Å². The molecule has 0 atom stereocenters. The molecular weight excluding hydrogens is 291 g/mol. The second kappa shape index (κ2) is 7.13. The second-order valence-corrected chi connectivity index (χ2v) is 7.22. The SMILES string of the molecule is CCC1CC(C(Cl)=CC(=O)C=C(Cl)C2CC(CC)C2)C1. The lowest BCUT2D eigenvalue weighted by Gasteiger charge is -2.34. The van der Waals surface area contributed by atoms with Crippen molar-refractivity contribution in [3.63, 3.8) is 0 Å². The molecule has 20 heavy (non-hydrogen) atoms. The molecule has 0 spiro atoms. The zero-order valence-electron chi connectivity index (χ0n) is 12.4. The van der Waals surface area contributed by atoms with Gasteiger partial charge < -0.3 is 0 Å². The molecule has 3 heteroatoms. The first-order chi connectivity index (χ1) is 9.53. The highest BCUT2D eigenvalue weighted by molar-refractivity contribution is 6.33. The van der Waals surface area contributed by atoms with Crippen LogP contribution in [-0.4, -0.2) is 5.78 Å². The van der Waals surface area contributed by atoms with Crippen LogP contribution in [0.1, 0.15) is 52.4 Å². The van der Waals surface area contributed by atoms with Crippen LogP contribution in [0, 0.1) is 23.7 Å². The Hall–Kier alpha value is -0.270. The Morgan fingerprint density at radius 2 is 1.25 bits per heavy atom. The van der Waals surface area contributed by atoms with Crippen LogP contribution >= 0.6 is 23.2 Å². The van der Waals surface area contributed by atoms with Crippen LogP contribution in [0.15, 0.2) is 22.2 Å². The summed E-state index contributed by atoms with van der Waals surface area (Å²) in [6, 6.07) is 0. The lowest BCUT2D eigenvalue weighted by Crippen LogP contribution is -2.24. The smallest absolute Gasteiger partial charge is 0.180 e. The van der Waals surface area contributed by atoms with Gasteiger partial charge in [-0.25, -0.2) is 0 Å². The summed E-state index contributed by atoms with van der Waals surface area (Å²) in [5.41, 5.74) is 0. The van der Waals surface area contributed by atoms with Gasteiger partial charge in [0.05, 0.1) is 0 Å². The number of halogens is 2. The standard InChI is InChI=1S/C17H24Cl2O/c1-3-11-5-13(6-11)16(18)9-15(20)10-17(19)14-7-12(4-2)8-14/h9-14H,3-8H2,1-2H3. The molecule has 0 heterocycles. The largest absolute Gasteiger partial charge is 0.290 e. The average Bonchev–Trinajstić information content (AvgIpc) is 2.25. The third kappa shape index (κ3) is 3.89. The second-order valence-electron chi connectivity index (χ2n) is 6.35. The maximum absolute atomic E-state index is 11.9. The summed E-state index contributed by atoms with van der Waals surface area (Å²) in [5, 5.41) is 1.42. The Morgan fingerprint density at radius 1 is 0.900 bits per heavy atom. The van der Waals surface area contributed by atoms with Gasteiger partial charge in [0.1, 0.15) is 0 Å². The maximum Gasteiger partial charge on any atom is 0.180 e. The van der Waals surface area contributed by atoms with Gasteiger partial charge in [0.25, 0.3) is 0 Å². The Kier molecular flexibility index (Phi) is 5.74. The fourth-order valence-electron chi connectivity index (χ4n) is 3.14. The zero-order valence-corrected chi connectivity index (χ0v) is 13.9. The van der Waals surface area contributed by atoms with Gasteiger partial charge in [0.2, 0.25) is 0 Å². The van der Waals surface area contributed by atoms with Crippen LogP contribution in [0.3, 0.4) is 0 Å². The lowest BCUT2D eigenvalue weighted by atomic mass is 9.73. The van der Waals surface area contributed by atoms with E-state index >= 15 is 0 Å². The summed E-state index contributed by atoms with van der Waals surface area (Å²) in [7, 11) is 0. The molecule has 112 valence electrons. The molecule has 0 bridgehead atoms. The molecule has 0 aliphatic heterocycles. The first-order valence-corrected chi connectivity index (χ1v) is 8.57. The van der Waals surface area contributed by atoms with E-state index in [1.165, 1.54) is 12.8 Å². The molecule has 0 N–H and O–H groups in total. The number of hydrogen-bond acceptors (Lipinski definition) is 1. The van der Waals surface area contributed by atoms with Crippen molar-refractivity contribution in [3.8, 4) is 0 Å². The van der Waals surface area contributed by atoms with Crippen molar-refractivity contribution in [1.82, 2.24) is 0 Å². The molecule has 1 nitrogen and oxygen atoms in total. The van der Waals surface area contributed by atoms with Crippen LogP contribution in [0.4, 0.5) is 0 Å². The Morgan fingerprint density at radius 3 is 1.55 bits per heavy atom. The quantitative estimate of drug-likeness (QED) is 0.577. The number of hydrogen-bond donors (Lipinski definition) is 0. The summed E-state index contributed by atoms with van der Waals surface area (Å²) in [4.78, 5) is 11.9. The number of carbonyl (C=O) groups excluding carboxylic acids is 1. The van der Waals surface area contributed by atoms with E-state index in [0.29, 0.717) is 21.9 Å². The molecule has 2 aliphatic rings. The minimum atomic E-state index is -0.0557. The molecule has 0 amide bonds. The van der Waals surface area contributed by atoms with E-state index in [2.05, 4.69) is 13.8 Å². The molecule has 0 radical (unpaired) electrons. The van der Waals surface area contributed by atoms with Gasteiger partial charge in [-0.05, 0) is 49.4 Å². The van der Waals surface area contributed by atoms with E-state index < -0.39 is 0 Å². The Balaban J connectivity index is 1.82. The van der Waals surface area contributed by atoms with Crippen molar-refractivity contribution in [2.24, 2.45) is 23.7 Å². The molecule has 0 saturated heterocycles. The van der Waals surface area contributed by atoms with Crippen molar-refractivity contribution in [2.75, 3.05) is 0 Å². The fourth-order valence-corrected chi connectivity index (χ4v) is 3.71. The van der Waals surface area contributed by atoms with Crippen molar-refractivity contribution in [1.29, 1.82) is 0 Å². The predicted molar refractivity (Wildman–Crippen MR) is 85.9 cm³/mol. The molecule has 2 saturated carbocycles. The van der Waals surface area contributed by atoms with Crippen molar-refractivity contribution in [3.05, 3.63) is 22.2 Å². The first-order valence-electron chi connectivity index (χ1n) is 7.81. The molecular formula is C17H24Cl2O. The Bertz CT molecular complexity index is 375. The minimum Gasteiger partial charge on any atom is -0.290 e. The number of ketones is 1. The predicted octanol–water partition coefficient (Wildman–Crippen LogP) is 5.67. The van der Waals surface area contributed by atoms with Gasteiger partial charge in [-0.1, -0.05) is 49.9 Å². The molecule has 0 unspecified atom stereocenters. The van der Waals surface area contributed by atoms with Crippen molar-refractivity contribution < 1.29 is 4.79 Å². The lowest BCUT2D eigenvalue weighted by molar-refractivity contribution is -0.110. The van der Waals surface area contributed by atoms with E-state index in [9.17, 15) is 4.79 Å². The van der Waals surface area contributed by atoms with Crippen LogP contribution in [-0.2, 0) is 4.79 Å². The van der Waals surface area contributed by atoms with Crippen LogP contribution in [0.25, 0.3) is 0 Å². The minimum absolute atomic E-state index is 0.0557. The van der Waals surface area contributed by atoms with E-state index in [0.717, 1.165) is 37.5 Å². The summed E-state index contributed by atoms with van der Waals surface area (Å²) < 4.78 is 0. The van der Waals surface area contributed by atoms with Crippen LogP contribution < -0.4 is 0 Å². The highest BCUT2D eigenvalue weighted by atomic mass is 35.5. The summed E-state index contributed by atoms with van der Waals surface area (Å²) in [6.07, 6.45) is 10.0. The highest BCUT2D eigenvalue weighted by Crippen LogP contribution is 2.43. The monoisotopic (exact) mass is 314 g/mol. The van der Waals surface area contributed by atoms with Crippen LogP contribution in [0.2, 0.25) is 0 Å². The number of carbonyl (C=O) groups is 1. The fraction of sp³-hybridized carbons (Fsp3) is 0.706. The van der Waals surface area contributed by atoms with Gasteiger partial charge in [0.15, 0.2) is 5.78 Å². The van der Waals surface area contributed by atoms with Crippen molar-refractivity contribution in [2.45, 2.75) is 52.4 Å². The summed E-state index contributed by atoms with van der Waals surface area (Å²) in [5.74, 6) is 2.31. The van der Waals surface area contributed by atoms with E-state index in [1.54, 1.807) is 12.2 Å². The zero-order chi connectivity index (χ0) is 14.7. The number of rotatable bonds is 6. The molecule has 0 aromatic rings. The van der Waals surface area contributed by atoms with Crippen LogP contribution in [0.5, 0.6) is 0 Å². The molecule has 2 rings (SSSR count). The van der Waals surface area contributed by atoms with Gasteiger partial charge >= 0.3 is 0 Å². The summed E-state index contributed by atoms with van der Waals surface area (Å²) in [6.45, 7) is 4.41.